The van der Waals surface area contributed by atoms with E-state index in [2.05, 4.69) is 0 Å². The highest BCUT2D eigenvalue weighted by atomic mass is 32.1. The molecule has 0 aliphatic heterocycles. The average molecular weight is 450 g/mol. The number of aryl methyl sites for hydroxylation is 2. The topological polar surface area (TPSA) is 20.2 Å². The van der Waals surface area contributed by atoms with Crippen LogP contribution in [-0.2, 0) is 6.61 Å². The van der Waals surface area contributed by atoms with E-state index in [1.165, 1.54) is 25.1 Å². The first kappa shape index (κ1) is 20.7. The minimum Gasteiger partial charge on any atom is -0.391 e. The van der Waals surface area contributed by atoms with E-state index in [1.54, 1.807) is 19.1 Å². The van der Waals surface area contributed by atoms with Crippen LogP contribution in [0, 0.1) is 13.8 Å². The van der Waals surface area contributed by atoms with Crippen molar-refractivity contribution >= 4 is 32.8 Å². The Labute approximate surface area is 170 Å². The minimum absolute atomic E-state index is 0.000945. The van der Waals surface area contributed by atoms with Gasteiger partial charge in [-0.15, -0.1) is 22.7 Å². The van der Waals surface area contributed by atoms with Crippen LogP contribution in [0.15, 0.2) is 30.3 Å². The maximum atomic E-state index is 15.1. The first-order valence-electron chi connectivity index (χ1n) is 8.76. The van der Waals surface area contributed by atoms with E-state index in [0.29, 0.717) is 14.5 Å². The molecule has 0 bridgehead atoms. The molecule has 0 saturated heterocycles. The Kier molecular flexibility index (Phi) is 4.61. The number of alkyl halides is 6. The molecule has 1 fully saturated rings. The van der Waals surface area contributed by atoms with Crippen LogP contribution in [0.25, 0.3) is 10.1 Å². The third-order valence-corrected chi connectivity index (χ3v) is 7.68. The zero-order valence-electron chi connectivity index (χ0n) is 15.3. The lowest BCUT2D eigenvalue weighted by molar-refractivity contribution is -0.274. The fourth-order valence-corrected chi connectivity index (χ4v) is 6.37. The molecule has 1 aromatic carbocycles. The molecule has 29 heavy (non-hydrogen) atoms. The third kappa shape index (κ3) is 2.63. The SMILES string of the molecule is Cc1cc(C2C(c3c(CO)sc4ccccc34)C(F)(F)C(F)(F)C2(F)F)c(C)s1. The average Bonchev–Trinajstić information content (AvgIpc) is 3.20. The standard InChI is InChI=1S/C20H16F6OS2/c1-9-7-12(10(2)28-9)16-17(19(23,24)20(25,26)18(16,21)22)15-11-5-3-4-6-13(11)29-14(15)8-27/h3-7,16-17,27H,8H2,1-2H3. The molecule has 0 spiro atoms. The minimum atomic E-state index is -5.53. The van der Waals surface area contributed by atoms with E-state index in [-0.39, 0.29) is 21.4 Å². The van der Waals surface area contributed by atoms with Crippen LogP contribution in [0.4, 0.5) is 26.3 Å². The number of aliphatic hydroxyl groups excluding tert-OH is 1. The number of fused-ring (bicyclic) bond motifs is 1. The Morgan fingerprint density at radius 1 is 0.931 bits per heavy atom. The Morgan fingerprint density at radius 3 is 2.14 bits per heavy atom. The normalized spacial score (nSPS) is 25.0. The Bertz CT molecular complexity index is 1080. The molecular formula is C20H16F6OS2. The Hall–Kier alpha value is -1.58. The van der Waals surface area contributed by atoms with Gasteiger partial charge in [0.1, 0.15) is 0 Å². The number of hydrogen-bond acceptors (Lipinski definition) is 3. The van der Waals surface area contributed by atoms with Gasteiger partial charge in [0.25, 0.3) is 0 Å². The van der Waals surface area contributed by atoms with Gasteiger partial charge in [0.05, 0.1) is 18.4 Å². The second-order valence-electron chi connectivity index (χ2n) is 7.24. The third-order valence-electron chi connectivity index (χ3n) is 5.53. The van der Waals surface area contributed by atoms with Crippen LogP contribution in [-0.4, -0.2) is 22.9 Å². The molecule has 1 N–H and O–H groups in total. The number of hydrogen-bond donors (Lipinski definition) is 1. The van der Waals surface area contributed by atoms with Crippen molar-refractivity contribution in [3.63, 3.8) is 0 Å². The van der Waals surface area contributed by atoms with E-state index in [4.69, 9.17) is 0 Å². The molecule has 1 nitrogen and oxygen atoms in total. The molecule has 0 radical (unpaired) electrons. The van der Waals surface area contributed by atoms with E-state index in [0.717, 1.165) is 22.7 Å². The van der Waals surface area contributed by atoms with Gasteiger partial charge in [-0.25, -0.2) is 0 Å². The number of halogens is 6. The van der Waals surface area contributed by atoms with Gasteiger partial charge >= 0.3 is 17.8 Å². The zero-order valence-corrected chi connectivity index (χ0v) is 16.9. The zero-order chi connectivity index (χ0) is 21.4. The van der Waals surface area contributed by atoms with E-state index >= 15 is 8.78 Å². The molecule has 4 rings (SSSR count). The van der Waals surface area contributed by atoms with Gasteiger partial charge in [-0.1, -0.05) is 18.2 Å². The van der Waals surface area contributed by atoms with E-state index < -0.39 is 36.2 Å². The summed E-state index contributed by atoms with van der Waals surface area (Å²) in [4.78, 5) is 0.873. The predicted octanol–water partition coefficient (Wildman–Crippen LogP) is 6.86. The number of aliphatic hydroxyl groups is 1. The summed E-state index contributed by atoms with van der Waals surface area (Å²) in [6.07, 6.45) is 0. The summed E-state index contributed by atoms with van der Waals surface area (Å²) < 4.78 is 89.5. The fraction of sp³-hybridized carbons (Fsp3) is 0.400. The van der Waals surface area contributed by atoms with Crippen molar-refractivity contribution in [2.45, 2.75) is 50.1 Å². The van der Waals surface area contributed by atoms with Gasteiger partial charge < -0.3 is 5.11 Å². The van der Waals surface area contributed by atoms with Gasteiger partial charge in [-0.2, -0.15) is 26.3 Å². The van der Waals surface area contributed by atoms with E-state index in [1.807, 2.05) is 0 Å². The lowest BCUT2D eigenvalue weighted by Gasteiger charge is -2.25. The summed E-state index contributed by atoms with van der Waals surface area (Å²) in [5.74, 6) is -20.4. The quantitative estimate of drug-likeness (QED) is 0.432. The highest BCUT2D eigenvalue weighted by Gasteiger charge is 2.85. The predicted molar refractivity (Wildman–Crippen MR) is 102 cm³/mol. The summed E-state index contributed by atoms with van der Waals surface area (Å²) in [6, 6.07) is 7.47. The first-order chi connectivity index (χ1) is 13.4. The van der Waals surface area contributed by atoms with Gasteiger partial charge in [0, 0.05) is 19.3 Å². The summed E-state index contributed by atoms with van der Waals surface area (Å²) >= 11 is 2.05. The maximum absolute atomic E-state index is 15.1. The molecule has 1 aliphatic rings. The van der Waals surface area contributed by atoms with Crippen molar-refractivity contribution in [2.24, 2.45) is 0 Å². The van der Waals surface area contributed by atoms with Gasteiger partial charge in [0.15, 0.2) is 0 Å². The second kappa shape index (κ2) is 6.46. The molecule has 2 aromatic heterocycles. The van der Waals surface area contributed by atoms with Crippen molar-refractivity contribution in [3.8, 4) is 0 Å². The molecule has 1 aliphatic carbocycles. The van der Waals surface area contributed by atoms with Crippen LogP contribution < -0.4 is 0 Å². The van der Waals surface area contributed by atoms with Crippen LogP contribution in [0.5, 0.6) is 0 Å². The van der Waals surface area contributed by atoms with Gasteiger partial charge in [-0.05, 0) is 42.5 Å². The summed E-state index contributed by atoms with van der Waals surface area (Å²) in [7, 11) is 0. The Morgan fingerprint density at radius 2 is 1.55 bits per heavy atom. The van der Waals surface area contributed by atoms with Crippen LogP contribution >= 0.6 is 22.7 Å². The summed E-state index contributed by atoms with van der Waals surface area (Å²) in [5, 5.41) is 9.91. The monoisotopic (exact) mass is 450 g/mol. The molecule has 1 saturated carbocycles. The van der Waals surface area contributed by atoms with Gasteiger partial charge in [0.2, 0.25) is 0 Å². The number of benzene rings is 1. The molecule has 2 unspecified atom stereocenters. The van der Waals surface area contributed by atoms with Crippen LogP contribution in [0.2, 0.25) is 0 Å². The van der Waals surface area contributed by atoms with Crippen molar-refractivity contribution < 1.29 is 31.4 Å². The highest BCUT2D eigenvalue weighted by Crippen LogP contribution is 2.70. The molecule has 2 heterocycles. The largest absolute Gasteiger partial charge is 0.391 e. The lowest BCUT2D eigenvalue weighted by Crippen LogP contribution is -2.48. The van der Waals surface area contributed by atoms with Gasteiger partial charge in [-0.3, -0.25) is 0 Å². The van der Waals surface area contributed by atoms with Crippen molar-refractivity contribution in [2.75, 3.05) is 0 Å². The fourth-order valence-electron chi connectivity index (χ4n) is 4.29. The molecule has 0 amide bonds. The molecular weight excluding hydrogens is 434 g/mol. The number of thiophene rings is 2. The first-order valence-corrected chi connectivity index (χ1v) is 10.4. The Balaban J connectivity index is 2.08. The molecule has 9 heteroatoms. The lowest BCUT2D eigenvalue weighted by atomic mass is 9.80. The molecule has 3 aromatic rings. The maximum Gasteiger partial charge on any atom is 0.373 e. The molecule has 2 atom stereocenters. The van der Waals surface area contributed by atoms with Crippen LogP contribution in [0.1, 0.15) is 37.6 Å². The van der Waals surface area contributed by atoms with Crippen molar-refractivity contribution in [1.29, 1.82) is 0 Å². The van der Waals surface area contributed by atoms with Crippen LogP contribution in [0.3, 0.4) is 0 Å². The molecule has 156 valence electrons. The number of rotatable bonds is 3. The summed E-state index contributed by atoms with van der Waals surface area (Å²) in [5.41, 5.74) is -0.512. The van der Waals surface area contributed by atoms with Crippen molar-refractivity contribution in [3.05, 3.63) is 56.1 Å². The van der Waals surface area contributed by atoms with E-state index in [9.17, 15) is 22.7 Å². The second-order valence-corrected chi connectivity index (χ2v) is 9.83. The van der Waals surface area contributed by atoms with Crippen molar-refractivity contribution in [1.82, 2.24) is 0 Å². The highest BCUT2D eigenvalue weighted by molar-refractivity contribution is 7.19. The smallest absolute Gasteiger partial charge is 0.373 e. The summed E-state index contributed by atoms with van der Waals surface area (Å²) in [6.45, 7) is 2.37.